The molecular weight excluding hydrogens is 471 g/mol. The van der Waals surface area contributed by atoms with Crippen LogP contribution in [0.2, 0.25) is 0 Å². The van der Waals surface area contributed by atoms with Crippen molar-refractivity contribution < 1.29 is 14.3 Å². The van der Waals surface area contributed by atoms with Crippen LogP contribution < -0.4 is 20.1 Å². The molecule has 1 heterocycles. The van der Waals surface area contributed by atoms with Crippen molar-refractivity contribution >= 4 is 35.8 Å². The van der Waals surface area contributed by atoms with Gasteiger partial charge in [-0.25, -0.2) is 4.99 Å². The number of amides is 1. The van der Waals surface area contributed by atoms with Gasteiger partial charge in [-0.15, -0.1) is 24.0 Å². The van der Waals surface area contributed by atoms with Gasteiger partial charge in [-0.05, 0) is 38.0 Å². The van der Waals surface area contributed by atoms with E-state index < -0.39 is 0 Å². The van der Waals surface area contributed by atoms with Crippen molar-refractivity contribution in [3.8, 4) is 11.5 Å². The molecule has 1 aliphatic heterocycles. The molecule has 0 radical (unpaired) electrons. The number of halogens is 1. The molecule has 28 heavy (non-hydrogen) atoms. The first-order valence-electron chi connectivity index (χ1n) is 9.73. The SMILES string of the molecule is CCNC(=NCc1ccc(OCC)c(OC)c1)NC1CCN(C(=O)CC)C1.I. The predicted octanol–water partition coefficient (Wildman–Crippen LogP) is 2.78. The molecule has 0 bridgehead atoms. The Bertz CT molecular complexity index is 654. The maximum atomic E-state index is 11.8. The lowest BCUT2D eigenvalue weighted by atomic mass is 10.2. The van der Waals surface area contributed by atoms with Crippen molar-refractivity contribution in [3.63, 3.8) is 0 Å². The third kappa shape index (κ3) is 7.03. The molecule has 1 unspecified atom stereocenters. The van der Waals surface area contributed by atoms with E-state index in [1.807, 2.05) is 43.9 Å². The summed E-state index contributed by atoms with van der Waals surface area (Å²) >= 11 is 0. The zero-order chi connectivity index (χ0) is 19.6. The van der Waals surface area contributed by atoms with Crippen molar-refractivity contribution in [2.75, 3.05) is 33.4 Å². The zero-order valence-corrected chi connectivity index (χ0v) is 19.6. The van der Waals surface area contributed by atoms with Crippen molar-refractivity contribution in [2.24, 2.45) is 4.99 Å². The van der Waals surface area contributed by atoms with Crippen molar-refractivity contribution in [2.45, 2.75) is 46.2 Å². The molecule has 1 amide bonds. The molecule has 0 aliphatic carbocycles. The molecule has 1 fully saturated rings. The van der Waals surface area contributed by atoms with Crippen LogP contribution in [-0.2, 0) is 11.3 Å². The van der Waals surface area contributed by atoms with Gasteiger partial charge in [0.05, 0.1) is 20.3 Å². The maximum Gasteiger partial charge on any atom is 0.222 e. The van der Waals surface area contributed by atoms with E-state index >= 15 is 0 Å². The second kappa shape index (κ2) is 12.7. The average Bonchev–Trinajstić information content (AvgIpc) is 3.15. The largest absolute Gasteiger partial charge is 0.493 e. The Labute approximate surface area is 185 Å². The molecule has 1 aliphatic rings. The Hall–Kier alpha value is -1.71. The second-order valence-electron chi connectivity index (χ2n) is 6.44. The van der Waals surface area contributed by atoms with Gasteiger partial charge in [0.1, 0.15) is 0 Å². The number of likely N-dealkylation sites (tertiary alicyclic amines) is 1. The molecule has 1 aromatic rings. The van der Waals surface area contributed by atoms with Crippen LogP contribution in [-0.4, -0.2) is 56.2 Å². The molecule has 0 saturated carbocycles. The number of benzene rings is 1. The number of carbonyl (C=O) groups is 1. The highest BCUT2D eigenvalue weighted by Gasteiger charge is 2.25. The summed E-state index contributed by atoms with van der Waals surface area (Å²) in [6.07, 6.45) is 1.49. The van der Waals surface area contributed by atoms with Crippen LogP contribution in [0.15, 0.2) is 23.2 Å². The fraction of sp³-hybridized carbons (Fsp3) is 0.600. The van der Waals surface area contributed by atoms with E-state index in [0.717, 1.165) is 43.3 Å². The minimum atomic E-state index is 0. The molecule has 1 atom stereocenters. The highest BCUT2D eigenvalue weighted by atomic mass is 127. The van der Waals surface area contributed by atoms with Gasteiger partial charge in [-0.3, -0.25) is 4.79 Å². The van der Waals surface area contributed by atoms with E-state index in [1.54, 1.807) is 7.11 Å². The fourth-order valence-corrected chi connectivity index (χ4v) is 3.10. The number of hydrogen-bond acceptors (Lipinski definition) is 4. The standard InChI is InChI=1S/C20H32N4O3.HI/c1-5-19(25)24-11-10-16(14-24)23-20(21-6-2)22-13-15-8-9-17(27-7-3)18(12-15)26-4;/h8-9,12,16H,5-7,10-11,13-14H2,1-4H3,(H2,21,22,23);1H. The normalized spacial score (nSPS) is 16.4. The molecule has 0 aromatic heterocycles. The first kappa shape index (κ1) is 24.3. The smallest absolute Gasteiger partial charge is 0.222 e. The summed E-state index contributed by atoms with van der Waals surface area (Å²) in [5.74, 6) is 2.43. The summed E-state index contributed by atoms with van der Waals surface area (Å²) in [7, 11) is 1.64. The number of carbonyl (C=O) groups excluding carboxylic acids is 1. The van der Waals surface area contributed by atoms with Crippen LogP contribution in [0.25, 0.3) is 0 Å². The van der Waals surface area contributed by atoms with E-state index in [1.165, 1.54) is 0 Å². The summed E-state index contributed by atoms with van der Waals surface area (Å²) in [6, 6.07) is 6.10. The predicted molar refractivity (Wildman–Crippen MR) is 123 cm³/mol. The quantitative estimate of drug-likeness (QED) is 0.324. The Morgan fingerprint density at radius 3 is 2.71 bits per heavy atom. The monoisotopic (exact) mass is 504 g/mol. The Balaban J connectivity index is 0.00000392. The zero-order valence-electron chi connectivity index (χ0n) is 17.3. The van der Waals surface area contributed by atoms with Crippen LogP contribution >= 0.6 is 24.0 Å². The number of nitrogens with zero attached hydrogens (tertiary/aromatic N) is 2. The lowest BCUT2D eigenvalue weighted by Gasteiger charge is -2.18. The van der Waals surface area contributed by atoms with Gasteiger partial charge in [0, 0.05) is 32.1 Å². The van der Waals surface area contributed by atoms with Gasteiger partial charge in [0.25, 0.3) is 0 Å². The molecule has 1 aromatic carbocycles. The van der Waals surface area contributed by atoms with Crippen LogP contribution in [0, 0.1) is 0 Å². The number of methoxy groups -OCH3 is 1. The maximum absolute atomic E-state index is 11.8. The first-order valence-corrected chi connectivity index (χ1v) is 9.73. The first-order chi connectivity index (χ1) is 13.1. The van der Waals surface area contributed by atoms with Gasteiger partial charge in [0.2, 0.25) is 5.91 Å². The minimum absolute atomic E-state index is 0. The van der Waals surface area contributed by atoms with Crippen LogP contribution in [0.1, 0.15) is 39.2 Å². The summed E-state index contributed by atoms with van der Waals surface area (Å²) in [6.45, 7) is 9.34. The third-order valence-electron chi connectivity index (χ3n) is 4.48. The molecule has 0 spiro atoms. The van der Waals surface area contributed by atoms with E-state index in [2.05, 4.69) is 15.6 Å². The number of guanidine groups is 1. The van der Waals surface area contributed by atoms with Crippen LogP contribution in [0.4, 0.5) is 0 Å². The molecule has 158 valence electrons. The third-order valence-corrected chi connectivity index (χ3v) is 4.48. The number of aliphatic imine (C=N–C) groups is 1. The number of nitrogens with one attached hydrogen (secondary N) is 2. The molecular formula is C20H33IN4O3. The van der Waals surface area contributed by atoms with Gasteiger partial charge < -0.3 is 25.0 Å². The summed E-state index contributed by atoms with van der Waals surface area (Å²) in [4.78, 5) is 18.4. The van der Waals surface area contributed by atoms with E-state index in [0.29, 0.717) is 25.3 Å². The summed E-state index contributed by atoms with van der Waals surface area (Å²) in [5, 5.41) is 6.72. The lowest BCUT2D eigenvalue weighted by molar-refractivity contribution is -0.129. The minimum Gasteiger partial charge on any atom is -0.493 e. The van der Waals surface area contributed by atoms with E-state index in [9.17, 15) is 4.79 Å². The number of hydrogen-bond donors (Lipinski definition) is 2. The highest BCUT2D eigenvalue weighted by Crippen LogP contribution is 2.28. The lowest BCUT2D eigenvalue weighted by Crippen LogP contribution is -2.45. The number of ether oxygens (including phenoxy) is 2. The Morgan fingerprint density at radius 1 is 1.29 bits per heavy atom. The average molecular weight is 504 g/mol. The Morgan fingerprint density at radius 2 is 2.07 bits per heavy atom. The van der Waals surface area contributed by atoms with Gasteiger partial charge in [0.15, 0.2) is 17.5 Å². The van der Waals surface area contributed by atoms with Gasteiger partial charge in [-0.2, -0.15) is 0 Å². The highest BCUT2D eigenvalue weighted by molar-refractivity contribution is 14.0. The topological polar surface area (TPSA) is 75.2 Å². The van der Waals surface area contributed by atoms with Crippen molar-refractivity contribution in [1.82, 2.24) is 15.5 Å². The molecule has 2 rings (SSSR count). The van der Waals surface area contributed by atoms with Crippen molar-refractivity contribution in [1.29, 1.82) is 0 Å². The molecule has 8 heteroatoms. The summed E-state index contributed by atoms with van der Waals surface area (Å²) < 4.78 is 11.0. The molecule has 2 N–H and O–H groups in total. The second-order valence-corrected chi connectivity index (χ2v) is 6.44. The summed E-state index contributed by atoms with van der Waals surface area (Å²) in [5.41, 5.74) is 1.04. The molecule has 7 nitrogen and oxygen atoms in total. The van der Waals surface area contributed by atoms with E-state index in [-0.39, 0.29) is 35.9 Å². The molecule has 1 saturated heterocycles. The van der Waals surface area contributed by atoms with Crippen LogP contribution in [0.5, 0.6) is 11.5 Å². The van der Waals surface area contributed by atoms with E-state index in [4.69, 9.17) is 9.47 Å². The van der Waals surface area contributed by atoms with Crippen molar-refractivity contribution in [3.05, 3.63) is 23.8 Å². The van der Waals surface area contributed by atoms with Gasteiger partial charge >= 0.3 is 0 Å². The number of rotatable bonds is 8. The van der Waals surface area contributed by atoms with Crippen LogP contribution in [0.3, 0.4) is 0 Å². The van der Waals surface area contributed by atoms with Gasteiger partial charge in [-0.1, -0.05) is 13.0 Å². The Kier molecular flexibility index (Phi) is 11.0. The fourth-order valence-electron chi connectivity index (χ4n) is 3.10.